The summed E-state index contributed by atoms with van der Waals surface area (Å²) >= 11 is 0. The Balaban J connectivity index is 2.72. The number of amides is 1. The zero-order valence-corrected chi connectivity index (χ0v) is 11.8. The third kappa shape index (κ3) is 3.57. The number of benzene rings is 1. The molecule has 1 rings (SSSR count). The highest BCUT2D eigenvalue weighted by molar-refractivity contribution is 5.87. The van der Waals surface area contributed by atoms with Crippen molar-refractivity contribution < 1.29 is 4.79 Å². The summed E-state index contributed by atoms with van der Waals surface area (Å²) < 4.78 is 0. The predicted molar refractivity (Wildman–Crippen MR) is 75.3 cm³/mol. The van der Waals surface area contributed by atoms with E-state index in [1.54, 1.807) is 0 Å². The van der Waals surface area contributed by atoms with E-state index >= 15 is 0 Å². The van der Waals surface area contributed by atoms with Crippen LogP contribution in [0.15, 0.2) is 30.3 Å². The molecule has 0 fully saturated rings. The van der Waals surface area contributed by atoms with E-state index in [2.05, 4.69) is 5.32 Å². The van der Waals surface area contributed by atoms with Crippen LogP contribution in [0.4, 0.5) is 0 Å². The van der Waals surface area contributed by atoms with Crippen molar-refractivity contribution in [2.24, 2.45) is 11.1 Å². The number of carbonyl (C=O) groups is 1. The fourth-order valence-corrected chi connectivity index (χ4v) is 1.60. The first kappa shape index (κ1) is 14.7. The van der Waals surface area contributed by atoms with Gasteiger partial charge in [0.1, 0.15) is 0 Å². The van der Waals surface area contributed by atoms with Crippen molar-refractivity contribution in [3.63, 3.8) is 0 Å². The topological polar surface area (TPSA) is 55.1 Å². The fourth-order valence-electron chi connectivity index (χ4n) is 1.60. The molecule has 0 unspecified atom stereocenters. The average molecular weight is 248 g/mol. The maximum Gasteiger partial charge on any atom is 0.230 e. The molecule has 1 aromatic rings. The van der Waals surface area contributed by atoms with Crippen molar-refractivity contribution >= 4 is 5.91 Å². The number of nitrogens with one attached hydrogen (secondary N) is 1. The van der Waals surface area contributed by atoms with E-state index in [0.29, 0.717) is 13.1 Å². The van der Waals surface area contributed by atoms with Gasteiger partial charge in [-0.05, 0) is 31.4 Å². The summed E-state index contributed by atoms with van der Waals surface area (Å²) in [5.41, 5.74) is 6.09. The Morgan fingerprint density at radius 1 is 1.17 bits per heavy atom. The van der Waals surface area contributed by atoms with Crippen LogP contribution in [0.1, 0.15) is 33.3 Å². The Morgan fingerprint density at radius 3 is 2.22 bits per heavy atom. The number of rotatable bonds is 5. The van der Waals surface area contributed by atoms with Gasteiger partial charge in [0, 0.05) is 6.54 Å². The van der Waals surface area contributed by atoms with Gasteiger partial charge in [0.15, 0.2) is 0 Å². The molecule has 0 aromatic heterocycles. The fraction of sp³-hybridized carbons (Fsp3) is 0.533. The molecule has 0 aliphatic carbocycles. The molecule has 0 heterocycles. The largest absolute Gasteiger partial charge is 0.355 e. The summed E-state index contributed by atoms with van der Waals surface area (Å²) in [5, 5.41) is 2.99. The highest BCUT2D eigenvalue weighted by atomic mass is 16.2. The molecule has 1 amide bonds. The second-order valence-corrected chi connectivity index (χ2v) is 6.04. The highest BCUT2D eigenvalue weighted by Gasteiger charge is 2.30. The maximum absolute atomic E-state index is 12.3. The van der Waals surface area contributed by atoms with Crippen LogP contribution < -0.4 is 11.1 Å². The normalized spacial score (nSPS) is 12.3. The van der Waals surface area contributed by atoms with Crippen LogP contribution in [0.25, 0.3) is 0 Å². The molecular weight excluding hydrogens is 224 g/mol. The molecule has 18 heavy (non-hydrogen) atoms. The van der Waals surface area contributed by atoms with E-state index in [9.17, 15) is 4.79 Å². The molecule has 0 radical (unpaired) electrons. The SMILES string of the molecule is CC(C)(CN)CNC(=O)C(C)(C)c1ccccc1. The summed E-state index contributed by atoms with van der Waals surface area (Å²) in [7, 11) is 0. The Morgan fingerprint density at radius 2 is 1.72 bits per heavy atom. The summed E-state index contributed by atoms with van der Waals surface area (Å²) in [6.45, 7) is 9.11. The van der Waals surface area contributed by atoms with E-state index in [1.807, 2.05) is 58.0 Å². The molecular formula is C15H24N2O. The van der Waals surface area contributed by atoms with Crippen LogP contribution in [0.2, 0.25) is 0 Å². The minimum Gasteiger partial charge on any atom is -0.355 e. The van der Waals surface area contributed by atoms with Gasteiger partial charge in [0.25, 0.3) is 0 Å². The Labute approximate surface area is 110 Å². The van der Waals surface area contributed by atoms with E-state index < -0.39 is 5.41 Å². The molecule has 0 spiro atoms. The standard InChI is InChI=1S/C15H24N2O/c1-14(2,10-16)11-17-13(18)15(3,4)12-8-6-5-7-9-12/h5-9H,10-11,16H2,1-4H3,(H,17,18). The first-order valence-electron chi connectivity index (χ1n) is 6.33. The minimum absolute atomic E-state index is 0.0372. The summed E-state index contributed by atoms with van der Waals surface area (Å²) in [4.78, 5) is 12.3. The molecule has 0 aliphatic heterocycles. The molecule has 3 nitrogen and oxygen atoms in total. The molecule has 0 saturated heterocycles. The van der Waals surface area contributed by atoms with Gasteiger partial charge in [-0.25, -0.2) is 0 Å². The predicted octanol–water partition coefficient (Wildman–Crippen LogP) is 2.07. The van der Waals surface area contributed by atoms with Gasteiger partial charge in [-0.1, -0.05) is 44.2 Å². The summed E-state index contributed by atoms with van der Waals surface area (Å²) in [6.07, 6.45) is 0. The van der Waals surface area contributed by atoms with Crippen molar-refractivity contribution in [2.45, 2.75) is 33.1 Å². The van der Waals surface area contributed by atoms with E-state index in [0.717, 1.165) is 5.56 Å². The second-order valence-electron chi connectivity index (χ2n) is 6.04. The quantitative estimate of drug-likeness (QED) is 0.838. The number of carbonyl (C=O) groups excluding carboxylic acids is 1. The van der Waals surface area contributed by atoms with Gasteiger partial charge in [0.05, 0.1) is 5.41 Å². The Kier molecular flexibility index (Phi) is 4.52. The lowest BCUT2D eigenvalue weighted by molar-refractivity contribution is -0.126. The van der Waals surface area contributed by atoms with E-state index in [1.165, 1.54) is 0 Å². The lowest BCUT2D eigenvalue weighted by atomic mass is 9.83. The van der Waals surface area contributed by atoms with Gasteiger partial charge in [-0.2, -0.15) is 0 Å². The average Bonchev–Trinajstić information content (AvgIpc) is 2.37. The van der Waals surface area contributed by atoms with Crippen molar-refractivity contribution in [1.82, 2.24) is 5.32 Å². The lowest BCUT2D eigenvalue weighted by Crippen LogP contribution is -2.45. The third-order valence-corrected chi connectivity index (χ3v) is 3.34. The molecule has 0 aliphatic rings. The van der Waals surface area contributed by atoms with Gasteiger partial charge in [-0.15, -0.1) is 0 Å². The second kappa shape index (κ2) is 5.53. The van der Waals surface area contributed by atoms with Crippen molar-refractivity contribution in [2.75, 3.05) is 13.1 Å². The maximum atomic E-state index is 12.3. The zero-order valence-electron chi connectivity index (χ0n) is 11.8. The van der Waals surface area contributed by atoms with Crippen LogP contribution in [-0.2, 0) is 10.2 Å². The van der Waals surface area contributed by atoms with E-state index in [-0.39, 0.29) is 11.3 Å². The molecule has 0 bridgehead atoms. The number of nitrogens with two attached hydrogens (primary N) is 1. The first-order chi connectivity index (χ1) is 8.29. The van der Waals surface area contributed by atoms with Crippen LogP contribution in [0, 0.1) is 5.41 Å². The lowest BCUT2D eigenvalue weighted by Gasteiger charge is -2.28. The molecule has 0 saturated carbocycles. The molecule has 3 N–H and O–H groups in total. The van der Waals surface area contributed by atoms with Crippen molar-refractivity contribution in [1.29, 1.82) is 0 Å². The van der Waals surface area contributed by atoms with Crippen LogP contribution in [0.3, 0.4) is 0 Å². The van der Waals surface area contributed by atoms with Crippen LogP contribution >= 0.6 is 0 Å². The highest BCUT2D eigenvalue weighted by Crippen LogP contribution is 2.23. The molecule has 1 aromatic carbocycles. The minimum atomic E-state index is -0.522. The monoisotopic (exact) mass is 248 g/mol. The van der Waals surface area contributed by atoms with Crippen LogP contribution in [0.5, 0.6) is 0 Å². The van der Waals surface area contributed by atoms with Crippen molar-refractivity contribution in [3.05, 3.63) is 35.9 Å². The van der Waals surface area contributed by atoms with Gasteiger partial charge in [-0.3, -0.25) is 4.79 Å². The Bertz CT molecular complexity index is 396. The number of hydrogen-bond donors (Lipinski definition) is 2. The van der Waals surface area contributed by atoms with Gasteiger partial charge in [0.2, 0.25) is 5.91 Å². The van der Waals surface area contributed by atoms with Gasteiger partial charge < -0.3 is 11.1 Å². The Hall–Kier alpha value is -1.35. The molecule has 100 valence electrons. The molecule has 0 atom stereocenters. The van der Waals surface area contributed by atoms with Crippen LogP contribution in [-0.4, -0.2) is 19.0 Å². The smallest absolute Gasteiger partial charge is 0.230 e. The zero-order chi connectivity index (χ0) is 13.8. The summed E-state index contributed by atoms with van der Waals surface area (Å²) in [5.74, 6) is 0.0372. The number of hydrogen-bond acceptors (Lipinski definition) is 2. The first-order valence-corrected chi connectivity index (χ1v) is 6.33. The van der Waals surface area contributed by atoms with E-state index in [4.69, 9.17) is 5.73 Å². The van der Waals surface area contributed by atoms with Gasteiger partial charge >= 0.3 is 0 Å². The summed E-state index contributed by atoms with van der Waals surface area (Å²) in [6, 6.07) is 9.82. The molecule has 3 heteroatoms. The van der Waals surface area contributed by atoms with Crippen molar-refractivity contribution in [3.8, 4) is 0 Å². The third-order valence-electron chi connectivity index (χ3n) is 3.34.